The van der Waals surface area contributed by atoms with Gasteiger partial charge in [-0.15, -0.1) is 0 Å². The summed E-state index contributed by atoms with van der Waals surface area (Å²) in [5.41, 5.74) is 1.17. The lowest BCUT2D eigenvalue weighted by Gasteiger charge is -2.20. The number of nitrogens with one attached hydrogen (secondary N) is 1. The first kappa shape index (κ1) is 16.3. The van der Waals surface area contributed by atoms with Crippen LogP contribution in [0, 0.1) is 0 Å². The van der Waals surface area contributed by atoms with E-state index in [0.29, 0.717) is 5.02 Å². The number of hydrogen-bond acceptors (Lipinski definition) is 2. The van der Waals surface area contributed by atoms with Gasteiger partial charge in [0.25, 0.3) is 0 Å². The van der Waals surface area contributed by atoms with Gasteiger partial charge in [-0.3, -0.25) is 0 Å². The molecule has 0 aliphatic rings. The minimum atomic E-state index is 0.289. The van der Waals surface area contributed by atoms with Crippen LogP contribution in [0.3, 0.4) is 0 Å². The average molecular weight is 369 g/mol. The second-order valence-electron chi connectivity index (χ2n) is 4.73. The normalized spacial score (nSPS) is 12.2. The van der Waals surface area contributed by atoms with Crippen molar-refractivity contribution in [3.8, 4) is 11.5 Å². The summed E-state index contributed by atoms with van der Waals surface area (Å²) in [4.78, 5) is 0. The second-order valence-corrected chi connectivity index (χ2v) is 6.02. The van der Waals surface area contributed by atoms with E-state index in [1.54, 1.807) is 0 Å². The quantitative estimate of drug-likeness (QED) is 0.679. The topological polar surface area (TPSA) is 21.3 Å². The van der Waals surface area contributed by atoms with E-state index in [1.165, 1.54) is 5.56 Å². The summed E-state index contributed by atoms with van der Waals surface area (Å²) in [6.07, 6.45) is 1.01. The lowest BCUT2D eigenvalue weighted by atomic mass is 10.0. The fourth-order valence-electron chi connectivity index (χ4n) is 2.26. The smallest absolute Gasteiger partial charge is 0.141 e. The number of ether oxygens (including phenoxy) is 1. The largest absolute Gasteiger partial charge is 0.456 e. The minimum absolute atomic E-state index is 0.289. The van der Waals surface area contributed by atoms with Gasteiger partial charge in [0.05, 0.1) is 4.47 Å². The van der Waals surface area contributed by atoms with Crippen molar-refractivity contribution in [2.24, 2.45) is 0 Å². The molecule has 0 aliphatic carbocycles. The molecule has 2 rings (SSSR count). The monoisotopic (exact) mass is 367 g/mol. The Hall–Kier alpha value is -1.03. The summed E-state index contributed by atoms with van der Waals surface area (Å²) < 4.78 is 6.93. The molecule has 2 aromatic rings. The maximum absolute atomic E-state index is 6.08. The fraction of sp³-hybridized carbons (Fsp3) is 0.294. The molecular weight excluding hydrogens is 350 g/mol. The van der Waals surface area contributed by atoms with Crippen LogP contribution < -0.4 is 10.1 Å². The molecule has 0 heterocycles. The van der Waals surface area contributed by atoms with E-state index in [9.17, 15) is 0 Å². The zero-order valence-corrected chi connectivity index (χ0v) is 14.5. The van der Waals surface area contributed by atoms with Crippen LogP contribution in [0.4, 0.5) is 0 Å². The van der Waals surface area contributed by atoms with E-state index in [0.717, 1.165) is 28.9 Å². The van der Waals surface area contributed by atoms with Gasteiger partial charge in [-0.25, -0.2) is 0 Å². The lowest BCUT2D eigenvalue weighted by molar-refractivity contribution is 0.451. The zero-order valence-electron chi connectivity index (χ0n) is 12.2. The molecule has 0 saturated carbocycles. The van der Waals surface area contributed by atoms with Crippen molar-refractivity contribution in [3.63, 3.8) is 0 Å². The molecule has 0 amide bonds. The summed E-state index contributed by atoms with van der Waals surface area (Å²) in [7, 11) is 0. The molecule has 0 aromatic heterocycles. The summed E-state index contributed by atoms with van der Waals surface area (Å²) >= 11 is 9.46. The standard InChI is InChI=1S/C17H19BrClNO/c1-3-15(20-4-2)13-7-5-6-8-16(13)21-17-10-9-12(19)11-14(17)18/h5-11,15,20H,3-4H2,1-2H3. The number of hydrogen-bond donors (Lipinski definition) is 1. The summed E-state index contributed by atoms with van der Waals surface area (Å²) in [6, 6.07) is 14.0. The van der Waals surface area contributed by atoms with Crippen molar-refractivity contribution >= 4 is 27.5 Å². The first-order valence-electron chi connectivity index (χ1n) is 7.10. The third kappa shape index (κ3) is 4.22. The predicted molar refractivity (Wildman–Crippen MR) is 92.4 cm³/mol. The van der Waals surface area contributed by atoms with Crippen LogP contribution in [-0.2, 0) is 0 Å². The van der Waals surface area contributed by atoms with Crippen LogP contribution in [0.2, 0.25) is 5.02 Å². The highest BCUT2D eigenvalue weighted by atomic mass is 79.9. The Morgan fingerprint density at radius 3 is 2.57 bits per heavy atom. The Bertz CT molecular complexity index is 603. The molecule has 1 atom stereocenters. The van der Waals surface area contributed by atoms with E-state index in [-0.39, 0.29) is 6.04 Å². The molecule has 0 fully saturated rings. The molecule has 4 heteroatoms. The molecule has 112 valence electrons. The Labute approximate surface area is 139 Å². The van der Waals surface area contributed by atoms with Gasteiger partial charge in [0.2, 0.25) is 0 Å². The van der Waals surface area contributed by atoms with Crippen LogP contribution in [0.15, 0.2) is 46.9 Å². The maximum Gasteiger partial charge on any atom is 0.141 e. The second kappa shape index (κ2) is 7.83. The SMILES string of the molecule is CCNC(CC)c1ccccc1Oc1ccc(Cl)cc1Br. The average Bonchev–Trinajstić information content (AvgIpc) is 2.48. The highest BCUT2D eigenvalue weighted by molar-refractivity contribution is 9.10. The highest BCUT2D eigenvalue weighted by Crippen LogP contribution is 2.35. The molecule has 2 nitrogen and oxygen atoms in total. The first-order chi connectivity index (χ1) is 10.2. The Kier molecular flexibility index (Phi) is 6.09. The van der Waals surface area contributed by atoms with Crippen molar-refractivity contribution in [2.45, 2.75) is 26.3 Å². The van der Waals surface area contributed by atoms with E-state index in [4.69, 9.17) is 16.3 Å². The van der Waals surface area contributed by atoms with Gasteiger partial charge in [-0.2, -0.15) is 0 Å². The summed E-state index contributed by atoms with van der Waals surface area (Å²) in [5, 5.41) is 4.17. The maximum atomic E-state index is 6.08. The Balaban J connectivity index is 2.31. The number of rotatable bonds is 6. The first-order valence-corrected chi connectivity index (χ1v) is 8.28. The van der Waals surface area contributed by atoms with E-state index < -0.39 is 0 Å². The number of benzene rings is 2. The molecule has 1 N–H and O–H groups in total. The van der Waals surface area contributed by atoms with Crippen molar-refractivity contribution in [1.82, 2.24) is 5.32 Å². The van der Waals surface area contributed by atoms with Crippen LogP contribution in [0.25, 0.3) is 0 Å². The van der Waals surface area contributed by atoms with Gasteiger partial charge in [-0.05, 0) is 53.2 Å². The number of halogens is 2. The van der Waals surface area contributed by atoms with Crippen molar-refractivity contribution < 1.29 is 4.74 Å². The van der Waals surface area contributed by atoms with Gasteiger partial charge in [0, 0.05) is 16.6 Å². The van der Waals surface area contributed by atoms with Crippen LogP contribution in [0.5, 0.6) is 11.5 Å². The molecular formula is C17H19BrClNO. The zero-order chi connectivity index (χ0) is 15.2. The molecule has 0 bridgehead atoms. The lowest BCUT2D eigenvalue weighted by Crippen LogP contribution is -2.20. The van der Waals surface area contributed by atoms with E-state index >= 15 is 0 Å². The molecule has 0 spiro atoms. The predicted octanol–water partition coefficient (Wildman–Crippen LogP) is 5.96. The van der Waals surface area contributed by atoms with Crippen LogP contribution in [-0.4, -0.2) is 6.54 Å². The van der Waals surface area contributed by atoms with Crippen LogP contribution in [0.1, 0.15) is 31.9 Å². The highest BCUT2D eigenvalue weighted by Gasteiger charge is 2.14. The summed E-state index contributed by atoms with van der Waals surface area (Å²) in [6.45, 7) is 5.21. The van der Waals surface area contributed by atoms with Gasteiger partial charge in [-0.1, -0.05) is 43.6 Å². The molecule has 2 aromatic carbocycles. The third-order valence-electron chi connectivity index (χ3n) is 3.27. The Morgan fingerprint density at radius 2 is 1.90 bits per heavy atom. The summed E-state index contributed by atoms with van der Waals surface area (Å²) in [5.74, 6) is 1.63. The molecule has 0 radical (unpaired) electrons. The van der Waals surface area contributed by atoms with E-state index in [2.05, 4.69) is 41.2 Å². The molecule has 1 unspecified atom stereocenters. The molecule has 0 aliphatic heterocycles. The van der Waals surface area contributed by atoms with Crippen LogP contribution >= 0.6 is 27.5 Å². The minimum Gasteiger partial charge on any atom is -0.456 e. The van der Waals surface area contributed by atoms with Crippen molar-refractivity contribution in [3.05, 3.63) is 57.5 Å². The van der Waals surface area contributed by atoms with Gasteiger partial charge in [0.1, 0.15) is 11.5 Å². The molecule has 21 heavy (non-hydrogen) atoms. The van der Waals surface area contributed by atoms with E-state index in [1.807, 2.05) is 36.4 Å². The molecule has 0 saturated heterocycles. The number of para-hydroxylation sites is 1. The van der Waals surface area contributed by atoms with Gasteiger partial charge >= 0.3 is 0 Å². The Morgan fingerprint density at radius 1 is 1.14 bits per heavy atom. The fourth-order valence-corrected chi connectivity index (χ4v) is 3.02. The van der Waals surface area contributed by atoms with Gasteiger partial charge < -0.3 is 10.1 Å². The van der Waals surface area contributed by atoms with Gasteiger partial charge in [0.15, 0.2) is 0 Å². The van der Waals surface area contributed by atoms with Crippen molar-refractivity contribution in [1.29, 1.82) is 0 Å². The third-order valence-corrected chi connectivity index (χ3v) is 4.12. The van der Waals surface area contributed by atoms with Crippen molar-refractivity contribution in [2.75, 3.05) is 6.54 Å².